The van der Waals surface area contributed by atoms with E-state index in [1.54, 1.807) is 6.07 Å². The summed E-state index contributed by atoms with van der Waals surface area (Å²) in [6.45, 7) is 2.53. The maximum atomic E-state index is 12.4. The summed E-state index contributed by atoms with van der Waals surface area (Å²) < 4.78 is 0. The van der Waals surface area contributed by atoms with Gasteiger partial charge in [-0.05, 0) is 32.3 Å². The Labute approximate surface area is 106 Å². The predicted molar refractivity (Wildman–Crippen MR) is 69.4 cm³/mol. The van der Waals surface area contributed by atoms with Gasteiger partial charge in [-0.25, -0.2) is 0 Å². The Hall–Kier alpha value is -1.62. The molecule has 1 aromatic heterocycles. The predicted octanol–water partition coefficient (Wildman–Crippen LogP) is 0.717. The molecule has 5 nitrogen and oxygen atoms in total. The largest absolute Gasteiger partial charge is 0.332 e. The van der Waals surface area contributed by atoms with Gasteiger partial charge in [0.25, 0.3) is 5.91 Å². The summed E-state index contributed by atoms with van der Waals surface area (Å²) >= 11 is 0. The smallest absolute Gasteiger partial charge is 0.255 e. The number of pyridine rings is 1. The van der Waals surface area contributed by atoms with Crippen molar-refractivity contribution in [1.29, 1.82) is 0 Å². The molecule has 98 valence electrons. The maximum absolute atomic E-state index is 12.4. The van der Waals surface area contributed by atoms with Crippen LogP contribution in [-0.4, -0.2) is 34.4 Å². The Balaban J connectivity index is 2.24. The molecule has 1 amide bonds. The standard InChI is InChI=1S/C13H19N3O2/c1-9-3-2-4-11(7-14)16(9)13(18)10-5-6-12(17)15-8-10/h5-6,8-9,11H,2-4,7,14H2,1H3,(H,15,17). The van der Waals surface area contributed by atoms with E-state index in [9.17, 15) is 9.59 Å². The summed E-state index contributed by atoms with van der Waals surface area (Å²) in [5.74, 6) is -0.0473. The van der Waals surface area contributed by atoms with E-state index < -0.39 is 0 Å². The first-order valence-corrected chi connectivity index (χ1v) is 6.35. The molecule has 3 N–H and O–H groups in total. The molecule has 0 aliphatic carbocycles. The minimum Gasteiger partial charge on any atom is -0.332 e. The fourth-order valence-electron chi connectivity index (χ4n) is 2.58. The molecular formula is C13H19N3O2. The van der Waals surface area contributed by atoms with Gasteiger partial charge in [0, 0.05) is 30.9 Å². The van der Waals surface area contributed by atoms with E-state index in [-0.39, 0.29) is 23.6 Å². The van der Waals surface area contributed by atoms with Crippen molar-refractivity contribution in [1.82, 2.24) is 9.88 Å². The van der Waals surface area contributed by atoms with Crippen LogP contribution in [0, 0.1) is 0 Å². The summed E-state index contributed by atoms with van der Waals surface area (Å²) in [5.41, 5.74) is 6.06. The van der Waals surface area contributed by atoms with Crippen LogP contribution in [0.2, 0.25) is 0 Å². The Morgan fingerprint density at radius 1 is 1.50 bits per heavy atom. The number of aromatic amines is 1. The SMILES string of the molecule is CC1CCCC(CN)N1C(=O)c1ccc(=O)[nH]c1. The zero-order valence-corrected chi connectivity index (χ0v) is 10.6. The summed E-state index contributed by atoms with van der Waals surface area (Å²) in [6, 6.07) is 3.25. The van der Waals surface area contributed by atoms with Gasteiger partial charge in [0.15, 0.2) is 0 Å². The Bertz CT molecular complexity index is 463. The number of aromatic nitrogens is 1. The lowest BCUT2D eigenvalue weighted by Gasteiger charge is -2.40. The fraction of sp³-hybridized carbons (Fsp3) is 0.538. The fourth-order valence-corrected chi connectivity index (χ4v) is 2.58. The number of nitrogens with two attached hydrogens (primary N) is 1. The molecule has 1 aliphatic heterocycles. The molecule has 2 rings (SSSR count). The first kappa shape index (κ1) is 12.8. The molecule has 2 atom stereocenters. The lowest BCUT2D eigenvalue weighted by molar-refractivity contribution is 0.0493. The molecule has 5 heteroatoms. The molecule has 2 heterocycles. The topological polar surface area (TPSA) is 79.2 Å². The van der Waals surface area contributed by atoms with Crippen LogP contribution in [-0.2, 0) is 0 Å². The van der Waals surface area contributed by atoms with E-state index in [1.807, 2.05) is 11.8 Å². The maximum Gasteiger partial charge on any atom is 0.255 e. The number of likely N-dealkylation sites (tertiary alicyclic amines) is 1. The first-order chi connectivity index (χ1) is 8.63. The average molecular weight is 249 g/mol. The second-order valence-corrected chi connectivity index (χ2v) is 4.82. The number of carbonyl (C=O) groups is 1. The molecule has 2 unspecified atom stereocenters. The highest BCUT2D eigenvalue weighted by molar-refractivity contribution is 5.94. The lowest BCUT2D eigenvalue weighted by Crippen LogP contribution is -2.51. The number of hydrogen-bond donors (Lipinski definition) is 2. The lowest BCUT2D eigenvalue weighted by atomic mass is 9.95. The third kappa shape index (κ3) is 2.46. The summed E-state index contributed by atoms with van der Waals surface area (Å²) in [5, 5.41) is 0. The monoisotopic (exact) mass is 249 g/mol. The third-order valence-electron chi connectivity index (χ3n) is 3.57. The van der Waals surface area contributed by atoms with Crippen molar-refractivity contribution in [2.45, 2.75) is 38.3 Å². The van der Waals surface area contributed by atoms with E-state index in [0.717, 1.165) is 19.3 Å². The Morgan fingerprint density at radius 3 is 2.89 bits per heavy atom. The van der Waals surface area contributed by atoms with Gasteiger partial charge in [0.2, 0.25) is 5.56 Å². The van der Waals surface area contributed by atoms with Gasteiger partial charge in [-0.15, -0.1) is 0 Å². The van der Waals surface area contributed by atoms with Gasteiger partial charge in [0.1, 0.15) is 0 Å². The molecule has 0 radical (unpaired) electrons. The molecule has 1 aromatic rings. The molecule has 1 aliphatic rings. The van der Waals surface area contributed by atoms with E-state index >= 15 is 0 Å². The van der Waals surface area contributed by atoms with Crippen LogP contribution in [0.25, 0.3) is 0 Å². The van der Waals surface area contributed by atoms with Crippen molar-refractivity contribution >= 4 is 5.91 Å². The second-order valence-electron chi connectivity index (χ2n) is 4.82. The molecule has 0 saturated carbocycles. The van der Waals surface area contributed by atoms with E-state index in [4.69, 9.17) is 5.73 Å². The molecular weight excluding hydrogens is 230 g/mol. The number of piperidine rings is 1. The number of amides is 1. The van der Waals surface area contributed by atoms with Gasteiger partial charge < -0.3 is 15.6 Å². The van der Waals surface area contributed by atoms with Crippen LogP contribution in [0.1, 0.15) is 36.5 Å². The molecule has 0 spiro atoms. The van der Waals surface area contributed by atoms with Crippen molar-refractivity contribution in [3.05, 3.63) is 34.2 Å². The van der Waals surface area contributed by atoms with Crippen LogP contribution >= 0.6 is 0 Å². The van der Waals surface area contributed by atoms with Gasteiger partial charge in [-0.3, -0.25) is 9.59 Å². The molecule has 0 bridgehead atoms. The van der Waals surface area contributed by atoms with E-state index in [2.05, 4.69) is 4.98 Å². The Morgan fingerprint density at radius 2 is 2.28 bits per heavy atom. The van der Waals surface area contributed by atoms with Gasteiger partial charge >= 0.3 is 0 Å². The number of nitrogens with zero attached hydrogens (tertiary/aromatic N) is 1. The summed E-state index contributed by atoms with van der Waals surface area (Å²) in [6.07, 6.45) is 4.54. The zero-order chi connectivity index (χ0) is 13.1. The first-order valence-electron chi connectivity index (χ1n) is 6.35. The highest BCUT2D eigenvalue weighted by Crippen LogP contribution is 2.24. The van der Waals surface area contributed by atoms with Gasteiger partial charge in [-0.2, -0.15) is 0 Å². The van der Waals surface area contributed by atoms with Gasteiger partial charge in [0.05, 0.1) is 5.56 Å². The van der Waals surface area contributed by atoms with Crippen LogP contribution in [0.4, 0.5) is 0 Å². The summed E-state index contributed by atoms with van der Waals surface area (Å²) in [4.78, 5) is 27.8. The number of nitrogens with one attached hydrogen (secondary N) is 1. The minimum absolute atomic E-state index is 0.0473. The van der Waals surface area contributed by atoms with Crippen LogP contribution < -0.4 is 11.3 Å². The molecule has 1 saturated heterocycles. The highest BCUT2D eigenvalue weighted by atomic mass is 16.2. The van der Waals surface area contributed by atoms with Gasteiger partial charge in [-0.1, -0.05) is 0 Å². The quantitative estimate of drug-likeness (QED) is 0.810. The number of hydrogen-bond acceptors (Lipinski definition) is 3. The van der Waals surface area contributed by atoms with E-state index in [0.29, 0.717) is 12.1 Å². The normalized spacial score (nSPS) is 24.0. The summed E-state index contributed by atoms with van der Waals surface area (Å²) in [7, 11) is 0. The van der Waals surface area contributed by atoms with E-state index in [1.165, 1.54) is 12.3 Å². The number of H-pyrrole nitrogens is 1. The van der Waals surface area contributed by atoms with Crippen LogP contribution in [0.5, 0.6) is 0 Å². The zero-order valence-electron chi connectivity index (χ0n) is 10.6. The molecule has 1 fully saturated rings. The van der Waals surface area contributed by atoms with Crippen molar-refractivity contribution in [2.75, 3.05) is 6.54 Å². The highest BCUT2D eigenvalue weighted by Gasteiger charge is 2.31. The Kier molecular flexibility index (Phi) is 3.81. The number of rotatable bonds is 2. The second kappa shape index (κ2) is 5.35. The van der Waals surface area contributed by atoms with Crippen molar-refractivity contribution in [3.8, 4) is 0 Å². The molecule has 18 heavy (non-hydrogen) atoms. The molecule has 0 aromatic carbocycles. The van der Waals surface area contributed by atoms with Crippen molar-refractivity contribution in [3.63, 3.8) is 0 Å². The number of carbonyl (C=O) groups excluding carboxylic acids is 1. The average Bonchev–Trinajstić information content (AvgIpc) is 2.38. The van der Waals surface area contributed by atoms with Crippen LogP contribution in [0.3, 0.4) is 0 Å². The minimum atomic E-state index is -0.200. The van der Waals surface area contributed by atoms with Crippen molar-refractivity contribution < 1.29 is 4.79 Å². The third-order valence-corrected chi connectivity index (χ3v) is 3.57. The van der Waals surface area contributed by atoms with Crippen LogP contribution in [0.15, 0.2) is 23.1 Å². The van der Waals surface area contributed by atoms with Crippen molar-refractivity contribution in [2.24, 2.45) is 5.73 Å².